The Bertz CT molecular complexity index is 546. The van der Waals surface area contributed by atoms with Gasteiger partial charge in [0.2, 0.25) is 5.95 Å². The molecule has 0 amide bonds. The molecule has 0 radical (unpaired) electrons. The average Bonchev–Trinajstić information content (AvgIpc) is 2.96. The van der Waals surface area contributed by atoms with Crippen molar-refractivity contribution in [2.45, 2.75) is 6.42 Å². The Morgan fingerprint density at radius 2 is 2.22 bits per heavy atom. The van der Waals surface area contributed by atoms with Crippen LogP contribution in [-0.4, -0.2) is 36.2 Å². The topological polar surface area (TPSA) is 33.1 Å². The van der Waals surface area contributed by atoms with Crippen molar-refractivity contribution in [3.05, 3.63) is 24.3 Å². The molecule has 18 heavy (non-hydrogen) atoms. The van der Waals surface area contributed by atoms with Crippen LogP contribution >= 0.6 is 0 Å². The fourth-order valence-electron chi connectivity index (χ4n) is 2.89. The number of aryl methyl sites for hydroxylation is 1. The van der Waals surface area contributed by atoms with E-state index in [0.717, 1.165) is 37.0 Å². The van der Waals surface area contributed by atoms with Crippen molar-refractivity contribution < 1.29 is 0 Å². The summed E-state index contributed by atoms with van der Waals surface area (Å²) in [4.78, 5) is 7.16. The smallest absolute Gasteiger partial charge is 0.206 e. The van der Waals surface area contributed by atoms with Crippen molar-refractivity contribution in [1.82, 2.24) is 14.9 Å². The molecule has 96 valence electrons. The number of aromatic nitrogens is 2. The number of rotatable bonds is 3. The number of hydrogen-bond acceptors (Lipinski definition) is 3. The molecule has 1 aromatic heterocycles. The van der Waals surface area contributed by atoms with Crippen LogP contribution in [0.1, 0.15) is 6.42 Å². The molecule has 1 saturated heterocycles. The monoisotopic (exact) mass is 244 g/mol. The van der Waals surface area contributed by atoms with Crippen molar-refractivity contribution in [2.75, 3.05) is 31.6 Å². The van der Waals surface area contributed by atoms with Crippen LogP contribution in [0.25, 0.3) is 11.0 Å². The molecule has 1 unspecified atom stereocenters. The first-order valence-corrected chi connectivity index (χ1v) is 6.60. The van der Waals surface area contributed by atoms with Gasteiger partial charge in [-0.15, -0.1) is 0 Å². The standard InChI is InChI=1S/C14H20N4/c1-15-9-11-7-8-18(10-11)14-16-12-5-3-4-6-13(12)17(14)2/h3-6,11,15H,7-10H2,1-2H3. The third kappa shape index (κ3) is 1.86. The highest BCUT2D eigenvalue weighted by molar-refractivity contribution is 5.78. The molecule has 2 heterocycles. The van der Waals surface area contributed by atoms with Crippen LogP contribution < -0.4 is 10.2 Å². The highest BCUT2D eigenvalue weighted by Crippen LogP contribution is 2.25. The van der Waals surface area contributed by atoms with Crippen molar-refractivity contribution in [1.29, 1.82) is 0 Å². The average molecular weight is 244 g/mol. The highest BCUT2D eigenvalue weighted by atomic mass is 15.3. The van der Waals surface area contributed by atoms with Gasteiger partial charge in [0.1, 0.15) is 0 Å². The van der Waals surface area contributed by atoms with Gasteiger partial charge in [0.05, 0.1) is 11.0 Å². The molecule has 1 atom stereocenters. The minimum absolute atomic E-state index is 0.745. The summed E-state index contributed by atoms with van der Waals surface area (Å²) in [5.41, 5.74) is 2.30. The zero-order valence-electron chi connectivity index (χ0n) is 11.1. The van der Waals surface area contributed by atoms with Gasteiger partial charge in [-0.05, 0) is 38.1 Å². The SMILES string of the molecule is CNCC1CCN(c2nc3ccccc3n2C)C1. The van der Waals surface area contributed by atoms with Crippen LogP contribution in [-0.2, 0) is 7.05 Å². The Labute approximate surface area is 108 Å². The van der Waals surface area contributed by atoms with Crippen molar-refractivity contribution in [3.8, 4) is 0 Å². The summed E-state index contributed by atoms with van der Waals surface area (Å²) < 4.78 is 2.21. The second-order valence-corrected chi connectivity index (χ2v) is 5.12. The largest absolute Gasteiger partial charge is 0.342 e. The minimum atomic E-state index is 0.745. The van der Waals surface area contributed by atoms with Crippen LogP contribution in [0, 0.1) is 5.92 Å². The number of anilines is 1. The molecule has 0 saturated carbocycles. The zero-order valence-corrected chi connectivity index (χ0v) is 11.1. The molecule has 3 rings (SSSR count). The summed E-state index contributed by atoms with van der Waals surface area (Å²) in [6, 6.07) is 8.33. The first-order valence-electron chi connectivity index (χ1n) is 6.60. The number of hydrogen-bond donors (Lipinski definition) is 1. The molecule has 1 aromatic carbocycles. The lowest BCUT2D eigenvalue weighted by molar-refractivity contribution is 0.548. The number of nitrogens with zero attached hydrogens (tertiary/aromatic N) is 3. The van der Waals surface area contributed by atoms with E-state index >= 15 is 0 Å². The minimum Gasteiger partial charge on any atom is -0.342 e. The van der Waals surface area contributed by atoms with Crippen LogP contribution in [0.5, 0.6) is 0 Å². The lowest BCUT2D eigenvalue weighted by atomic mass is 10.1. The molecular weight excluding hydrogens is 224 g/mol. The van der Waals surface area contributed by atoms with E-state index in [1.54, 1.807) is 0 Å². The van der Waals surface area contributed by atoms with E-state index in [1.165, 1.54) is 11.9 Å². The first kappa shape index (κ1) is 11.5. The number of benzene rings is 1. The van der Waals surface area contributed by atoms with E-state index in [0.29, 0.717) is 0 Å². The third-order valence-electron chi connectivity index (χ3n) is 3.83. The lowest BCUT2D eigenvalue weighted by Crippen LogP contribution is -2.26. The highest BCUT2D eigenvalue weighted by Gasteiger charge is 2.25. The van der Waals surface area contributed by atoms with Gasteiger partial charge in [-0.3, -0.25) is 0 Å². The van der Waals surface area contributed by atoms with E-state index in [9.17, 15) is 0 Å². The molecule has 2 aromatic rings. The number of para-hydroxylation sites is 2. The molecule has 1 N–H and O–H groups in total. The van der Waals surface area contributed by atoms with Gasteiger partial charge in [0.15, 0.2) is 0 Å². The number of fused-ring (bicyclic) bond motifs is 1. The molecule has 0 bridgehead atoms. The summed E-state index contributed by atoms with van der Waals surface area (Å²) in [5.74, 6) is 1.85. The van der Waals surface area contributed by atoms with E-state index in [4.69, 9.17) is 4.98 Å². The van der Waals surface area contributed by atoms with E-state index < -0.39 is 0 Å². The van der Waals surface area contributed by atoms with Gasteiger partial charge < -0.3 is 14.8 Å². The lowest BCUT2D eigenvalue weighted by Gasteiger charge is -2.17. The van der Waals surface area contributed by atoms with Gasteiger partial charge in [-0.25, -0.2) is 4.98 Å². The van der Waals surface area contributed by atoms with E-state index in [1.807, 2.05) is 13.1 Å². The summed E-state index contributed by atoms with van der Waals surface area (Å²) in [6.07, 6.45) is 1.25. The fourth-order valence-corrected chi connectivity index (χ4v) is 2.89. The Hall–Kier alpha value is -1.55. The van der Waals surface area contributed by atoms with Crippen molar-refractivity contribution >= 4 is 17.0 Å². The van der Waals surface area contributed by atoms with Crippen LogP contribution in [0.15, 0.2) is 24.3 Å². The summed E-state index contributed by atoms with van der Waals surface area (Å²) in [7, 11) is 4.13. The fraction of sp³-hybridized carbons (Fsp3) is 0.500. The van der Waals surface area contributed by atoms with Crippen LogP contribution in [0.3, 0.4) is 0 Å². The maximum absolute atomic E-state index is 4.76. The maximum Gasteiger partial charge on any atom is 0.206 e. The van der Waals surface area contributed by atoms with Gasteiger partial charge in [-0.1, -0.05) is 12.1 Å². The van der Waals surface area contributed by atoms with Gasteiger partial charge >= 0.3 is 0 Å². The predicted molar refractivity (Wildman–Crippen MR) is 75.0 cm³/mol. The van der Waals surface area contributed by atoms with Crippen LogP contribution in [0.4, 0.5) is 5.95 Å². The Morgan fingerprint density at radius 3 is 3.00 bits per heavy atom. The Balaban J connectivity index is 1.89. The molecule has 4 heteroatoms. The van der Waals surface area contributed by atoms with E-state index in [-0.39, 0.29) is 0 Å². The maximum atomic E-state index is 4.76. The van der Waals surface area contributed by atoms with Crippen LogP contribution in [0.2, 0.25) is 0 Å². The summed E-state index contributed by atoms with van der Waals surface area (Å²) >= 11 is 0. The predicted octanol–water partition coefficient (Wildman–Crippen LogP) is 1.62. The number of imidazole rings is 1. The van der Waals surface area contributed by atoms with Gasteiger partial charge in [-0.2, -0.15) is 0 Å². The second-order valence-electron chi connectivity index (χ2n) is 5.12. The molecule has 0 aliphatic carbocycles. The first-order chi connectivity index (χ1) is 8.79. The molecule has 0 spiro atoms. The second kappa shape index (κ2) is 4.61. The molecule has 4 nitrogen and oxygen atoms in total. The van der Waals surface area contributed by atoms with Crippen molar-refractivity contribution in [2.24, 2.45) is 13.0 Å². The van der Waals surface area contributed by atoms with Crippen molar-refractivity contribution in [3.63, 3.8) is 0 Å². The molecular formula is C14H20N4. The number of nitrogens with one attached hydrogen (secondary N) is 1. The third-order valence-corrected chi connectivity index (χ3v) is 3.83. The van der Waals surface area contributed by atoms with E-state index in [2.05, 4.69) is 40.0 Å². The Morgan fingerprint density at radius 1 is 1.39 bits per heavy atom. The molecule has 1 aliphatic heterocycles. The summed E-state index contributed by atoms with van der Waals surface area (Å²) in [5, 5.41) is 3.27. The zero-order chi connectivity index (χ0) is 12.5. The normalized spacial score (nSPS) is 19.9. The van der Waals surface area contributed by atoms with Gasteiger partial charge in [0.25, 0.3) is 0 Å². The quantitative estimate of drug-likeness (QED) is 0.890. The molecule has 1 aliphatic rings. The molecule has 1 fully saturated rings. The van der Waals surface area contributed by atoms with Gasteiger partial charge in [0, 0.05) is 20.1 Å². The Kier molecular flexibility index (Phi) is 2.96. The summed E-state index contributed by atoms with van der Waals surface area (Å²) in [6.45, 7) is 3.32.